The molecule has 5 nitrogen and oxygen atoms in total. The Hall–Kier alpha value is -2.30. The van der Waals surface area contributed by atoms with Crippen LogP contribution in [0.15, 0.2) is 30.5 Å². The first-order valence-corrected chi connectivity index (χ1v) is 11.9. The van der Waals surface area contributed by atoms with Crippen molar-refractivity contribution in [3.05, 3.63) is 30.5 Å². The lowest BCUT2D eigenvalue weighted by molar-refractivity contribution is -0.154. The summed E-state index contributed by atoms with van der Waals surface area (Å²) in [5.41, 5.74) is -0.0695. The topological polar surface area (TPSA) is 51.7 Å². The average molecular weight is 441 g/mol. The van der Waals surface area contributed by atoms with Crippen molar-refractivity contribution in [1.82, 2.24) is 4.98 Å². The molecule has 0 N–H and O–H groups in total. The molecule has 0 radical (unpaired) electrons. The minimum Gasteiger partial charge on any atom is -0.490 e. The summed E-state index contributed by atoms with van der Waals surface area (Å²) in [5.74, 6) is 2.36. The molecular weight excluding hydrogens is 400 g/mol. The van der Waals surface area contributed by atoms with Crippen LogP contribution in [0.2, 0.25) is 0 Å². The Morgan fingerprint density at radius 1 is 1.03 bits per heavy atom. The number of ether oxygens (including phenoxy) is 2. The summed E-state index contributed by atoms with van der Waals surface area (Å²) in [4.78, 5) is 18.6. The number of hydrogen-bond acceptors (Lipinski definition) is 5. The Bertz CT molecular complexity index is 919. The first kappa shape index (κ1) is 24.3. The molecule has 32 heavy (non-hydrogen) atoms. The fourth-order valence-corrected chi connectivity index (χ4v) is 4.40. The van der Waals surface area contributed by atoms with E-state index >= 15 is 0 Å². The van der Waals surface area contributed by atoms with Crippen LogP contribution in [0.3, 0.4) is 0 Å². The smallest absolute Gasteiger partial charge is 0.308 e. The van der Waals surface area contributed by atoms with E-state index in [9.17, 15) is 4.79 Å². The van der Waals surface area contributed by atoms with Crippen LogP contribution in [0.4, 0.5) is 5.82 Å². The van der Waals surface area contributed by atoms with E-state index < -0.39 is 5.60 Å². The zero-order valence-corrected chi connectivity index (χ0v) is 20.9. The summed E-state index contributed by atoms with van der Waals surface area (Å²) < 4.78 is 11.7. The molecule has 0 atom stereocenters. The Labute approximate surface area is 193 Å². The number of fused-ring (bicyclic) bond motifs is 1. The fraction of sp³-hybridized carbons (Fsp3) is 0.630. The summed E-state index contributed by atoms with van der Waals surface area (Å²) in [6.07, 6.45) is 7.25. The largest absolute Gasteiger partial charge is 0.490 e. The van der Waals surface area contributed by atoms with Gasteiger partial charge in [0, 0.05) is 25.2 Å². The first-order chi connectivity index (χ1) is 14.9. The minimum atomic E-state index is -0.456. The Morgan fingerprint density at radius 2 is 1.72 bits per heavy atom. The van der Waals surface area contributed by atoms with Gasteiger partial charge in [0.1, 0.15) is 17.2 Å². The molecule has 2 aromatic rings. The van der Waals surface area contributed by atoms with E-state index in [0.29, 0.717) is 24.5 Å². The maximum atomic E-state index is 12.0. The van der Waals surface area contributed by atoms with Crippen LogP contribution in [0.1, 0.15) is 73.6 Å². The highest BCUT2D eigenvalue weighted by molar-refractivity contribution is 5.85. The van der Waals surface area contributed by atoms with Gasteiger partial charge in [-0.05, 0) is 81.4 Å². The molecule has 1 aliphatic rings. The van der Waals surface area contributed by atoms with Gasteiger partial charge < -0.3 is 14.4 Å². The van der Waals surface area contributed by atoms with Crippen LogP contribution in [0.25, 0.3) is 10.8 Å². The van der Waals surface area contributed by atoms with Gasteiger partial charge in [-0.3, -0.25) is 4.79 Å². The van der Waals surface area contributed by atoms with Crippen LogP contribution in [-0.2, 0) is 9.53 Å². The van der Waals surface area contributed by atoms with Gasteiger partial charge in [-0.15, -0.1) is 0 Å². The predicted octanol–water partition coefficient (Wildman–Crippen LogP) is 6.39. The summed E-state index contributed by atoms with van der Waals surface area (Å²) in [6, 6.07) is 8.30. The molecular formula is C27H40N2O3. The number of esters is 1. The van der Waals surface area contributed by atoms with E-state index in [1.54, 1.807) is 0 Å². The van der Waals surface area contributed by atoms with Gasteiger partial charge in [0.2, 0.25) is 0 Å². The highest BCUT2D eigenvalue weighted by Crippen LogP contribution is 2.39. The van der Waals surface area contributed by atoms with Crippen LogP contribution in [-0.4, -0.2) is 36.3 Å². The van der Waals surface area contributed by atoms with Gasteiger partial charge in [0.05, 0.1) is 12.5 Å². The molecule has 1 aromatic heterocycles. The molecule has 1 heterocycles. The summed E-state index contributed by atoms with van der Waals surface area (Å²) in [7, 11) is 1.95. The number of hydrogen-bond donors (Lipinski definition) is 0. The molecule has 1 fully saturated rings. The number of carbonyl (C=O) groups excluding carboxylic acids is 1. The van der Waals surface area contributed by atoms with Crippen molar-refractivity contribution < 1.29 is 14.3 Å². The number of rotatable bonds is 6. The normalized spacial score (nSPS) is 19.6. The third-order valence-electron chi connectivity index (χ3n) is 6.34. The van der Waals surface area contributed by atoms with E-state index in [-0.39, 0.29) is 5.97 Å². The number of pyridine rings is 1. The van der Waals surface area contributed by atoms with E-state index in [0.717, 1.165) is 41.1 Å². The van der Waals surface area contributed by atoms with Crippen LogP contribution < -0.4 is 9.64 Å². The van der Waals surface area contributed by atoms with E-state index in [1.807, 2.05) is 38.9 Å². The zero-order chi connectivity index (χ0) is 23.5. The van der Waals surface area contributed by atoms with Gasteiger partial charge in [0.25, 0.3) is 0 Å². The monoisotopic (exact) mass is 440 g/mol. The van der Waals surface area contributed by atoms with E-state index in [4.69, 9.17) is 9.47 Å². The number of carbonyl (C=O) groups is 1. The quantitative estimate of drug-likeness (QED) is 0.487. The van der Waals surface area contributed by atoms with Crippen molar-refractivity contribution in [3.8, 4) is 5.75 Å². The average Bonchev–Trinajstić information content (AvgIpc) is 2.70. The molecule has 0 amide bonds. The lowest BCUT2D eigenvalue weighted by Gasteiger charge is -2.37. The molecule has 0 aliphatic heterocycles. The third-order valence-corrected chi connectivity index (χ3v) is 6.34. The molecule has 1 aromatic carbocycles. The van der Waals surface area contributed by atoms with Crippen molar-refractivity contribution in [2.75, 3.05) is 18.5 Å². The van der Waals surface area contributed by atoms with Gasteiger partial charge >= 0.3 is 5.97 Å². The third kappa shape index (κ3) is 6.85. The number of anilines is 1. The Balaban J connectivity index is 1.57. The van der Waals surface area contributed by atoms with Crippen LogP contribution in [0.5, 0.6) is 5.75 Å². The molecule has 5 heteroatoms. The fourth-order valence-electron chi connectivity index (χ4n) is 4.40. The second-order valence-corrected chi connectivity index (χ2v) is 11.3. The number of aromatic nitrogens is 1. The minimum absolute atomic E-state index is 0.191. The van der Waals surface area contributed by atoms with Gasteiger partial charge in [-0.2, -0.15) is 0 Å². The van der Waals surface area contributed by atoms with E-state index in [1.165, 1.54) is 12.8 Å². The second kappa shape index (κ2) is 9.68. The van der Waals surface area contributed by atoms with Crippen molar-refractivity contribution in [2.45, 2.75) is 85.4 Å². The van der Waals surface area contributed by atoms with Crippen molar-refractivity contribution in [3.63, 3.8) is 0 Å². The van der Waals surface area contributed by atoms with Gasteiger partial charge in [-0.1, -0.05) is 26.8 Å². The lowest BCUT2D eigenvalue weighted by Crippen LogP contribution is -2.30. The second-order valence-electron chi connectivity index (χ2n) is 11.3. The molecule has 0 spiro atoms. The first-order valence-electron chi connectivity index (χ1n) is 11.9. The van der Waals surface area contributed by atoms with Crippen LogP contribution >= 0.6 is 0 Å². The van der Waals surface area contributed by atoms with Gasteiger partial charge in [-0.25, -0.2) is 4.98 Å². The standard InChI is InChI=1S/C27H40N2O3/c1-26(2,3)21-9-12-22(13-10-21)31-23-11-8-19-17-24(28-18-20(19)16-23)29(7)15-14-25(30)32-27(4,5)6/h8,11,16-18,21-22H,9-10,12-15H2,1-7H3/t21-,22-. The zero-order valence-electron chi connectivity index (χ0n) is 20.9. The summed E-state index contributed by atoms with van der Waals surface area (Å²) in [5, 5.41) is 2.18. The SMILES string of the molecule is CN(CCC(=O)OC(C)(C)C)c1cc2ccc(O[C@H]3CC[C@H](C(C)(C)C)CC3)cc2cn1. The van der Waals surface area contributed by atoms with E-state index in [2.05, 4.69) is 50.0 Å². The molecule has 176 valence electrons. The molecule has 3 rings (SSSR count). The maximum Gasteiger partial charge on any atom is 0.308 e. The maximum absolute atomic E-state index is 12.0. The molecule has 0 bridgehead atoms. The van der Waals surface area contributed by atoms with Crippen LogP contribution in [0, 0.1) is 11.3 Å². The van der Waals surface area contributed by atoms with Crippen molar-refractivity contribution in [2.24, 2.45) is 11.3 Å². The summed E-state index contributed by atoms with van der Waals surface area (Å²) >= 11 is 0. The van der Waals surface area contributed by atoms with Crippen molar-refractivity contribution in [1.29, 1.82) is 0 Å². The highest BCUT2D eigenvalue weighted by atomic mass is 16.6. The molecule has 0 saturated heterocycles. The molecule has 1 aliphatic carbocycles. The Kier molecular flexibility index (Phi) is 7.36. The lowest BCUT2D eigenvalue weighted by atomic mass is 9.72. The number of benzene rings is 1. The molecule has 0 unspecified atom stereocenters. The molecule has 1 saturated carbocycles. The predicted molar refractivity (Wildman–Crippen MR) is 131 cm³/mol. The van der Waals surface area contributed by atoms with Gasteiger partial charge in [0.15, 0.2) is 0 Å². The summed E-state index contributed by atoms with van der Waals surface area (Å²) in [6.45, 7) is 13.2. The highest BCUT2D eigenvalue weighted by Gasteiger charge is 2.30. The van der Waals surface area contributed by atoms with Crippen molar-refractivity contribution >= 4 is 22.6 Å². The number of nitrogens with zero attached hydrogens (tertiary/aromatic N) is 2. The Morgan fingerprint density at radius 3 is 2.34 bits per heavy atom.